The summed E-state index contributed by atoms with van der Waals surface area (Å²) in [6.07, 6.45) is -5.31. The number of hydrogen-bond donors (Lipinski definition) is 6. The molecular formula is C27H33N7O11S. The third-order valence-corrected chi connectivity index (χ3v) is 9.44. The van der Waals surface area contributed by atoms with Gasteiger partial charge < -0.3 is 50.8 Å². The van der Waals surface area contributed by atoms with Crippen LogP contribution in [0.1, 0.15) is 53.5 Å². The van der Waals surface area contributed by atoms with E-state index in [9.17, 15) is 34.8 Å². The van der Waals surface area contributed by atoms with Crippen LogP contribution in [0.15, 0.2) is 18.0 Å². The van der Waals surface area contributed by atoms with Crippen molar-refractivity contribution >= 4 is 46.2 Å². The van der Waals surface area contributed by atoms with Crippen LogP contribution in [-0.2, 0) is 28.5 Å². The van der Waals surface area contributed by atoms with Crippen LogP contribution in [0, 0.1) is 11.8 Å². The fraction of sp³-hybridized carbons (Fsp3) is 0.593. The van der Waals surface area contributed by atoms with Crippen molar-refractivity contribution in [2.75, 3.05) is 18.9 Å². The Hall–Kier alpha value is -3.85. The molecule has 1 saturated carbocycles. The summed E-state index contributed by atoms with van der Waals surface area (Å²) in [6, 6.07) is 0. The van der Waals surface area contributed by atoms with E-state index < -0.39 is 91.9 Å². The summed E-state index contributed by atoms with van der Waals surface area (Å²) in [5.41, 5.74) is 11.6. The lowest BCUT2D eigenvalue weighted by molar-refractivity contribution is -0.168. The zero-order chi connectivity index (χ0) is 32.7. The largest absolute Gasteiger partial charge is 0.463 e. The van der Waals surface area contributed by atoms with E-state index in [-0.39, 0.29) is 22.2 Å². The molecular weight excluding hydrogens is 630 g/mol. The Morgan fingerprint density at radius 2 is 1.54 bits per heavy atom. The summed E-state index contributed by atoms with van der Waals surface area (Å²) in [6.45, 7) is -0.800. The molecule has 3 aromatic rings. The Balaban J connectivity index is 1.04. The van der Waals surface area contributed by atoms with Crippen molar-refractivity contribution in [2.24, 2.45) is 17.6 Å². The topological polar surface area (TPSA) is 278 Å². The molecule has 2 saturated heterocycles. The molecule has 5 heterocycles. The molecule has 18 nitrogen and oxygen atoms in total. The van der Waals surface area contributed by atoms with Gasteiger partial charge >= 0.3 is 11.9 Å². The number of aliphatic hydroxyl groups is 4. The Labute approximate surface area is 264 Å². The highest BCUT2D eigenvalue weighted by molar-refractivity contribution is 7.09. The molecule has 0 spiro atoms. The molecule has 248 valence electrons. The van der Waals surface area contributed by atoms with Crippen molar-refractivity contribution in [3.8, 4) is 0 Å². The molecule has 8 N–H and O–H groups in total. The van der Waals surface area contributed by atoms with Gasteiger partial charge in [0.15, 0.2) is 17.7 Å². The number of nitrogen functional groups attached to an aromatic ring is 1. The van der Waals surface area contributed by atoms with Gasteiger partial charge in [-0.25, -0.2) is 19.9 Å². The number of primary amides is 1. The first-order chi connectivity index (χ1) is 22.0. The van der Waals surface area contributed by atoms with Crippen molar-refractivity contribution in [3.05, 3.63) is 28.7 Å². The van der Waals surface area contributed by atoms with E-state index in [4.69, 9.17) is 30.4 Å². The lowest BCUT2D eigenvalue weighted by atomic mass is 9.79. The van der Waals surface area contributed by atoms with Crippen molar-refractivity contribution < 1.29 is 53.8 Å². The number of aliphatic hydroxyl groups excluding tert-OH is 4. The monoisotopic (exact) mass is 663 g/mol. The maximum atomic E-state index is 13.2. The number of thiazole rings is 1. The number of imidazole rings is 1. The summed E-state index contributed by atoms with van der Waals surface area (Å²) < 4.78 is 23.9. The third kappa shape index (κ3) is 6.01. The van der Waals surface area contributed by atoms with Gasteiger partial charge in [0.05, 0.1) is 18.2 Å². The van der Waals surface area contributed by atoms with Gasteiger partial charge in [-0.15, -0.1) is 11.3 Å². The Kier molecular flexibility index (Phi) is 9.15. The minimum absolute atomic E-state index is 0.00658. The minimum Gasteiger partial charge on any atom is -0.463 e. The zero-order valence-corrected chi connectivity index (χ0v) is 25.0. The number of aromatic nitrogens is 5. The molecule has 1 aliphatic carbocycles. The third-order valence-electron chi connectivity index (χ3n) is 8.53. The molecule has 19 heteroatoms. The second kappa shape index (κ2) is 13.1. The maximum absolute atomic E-state index is 13.2. The molecule has 3 aliphatic rings. The smallest absolute Gasteiger partial charge is 0.309 e. The fourth-order valence-electron chi connectivity index (χ4n) is 6.01. The number of fused-ring (bicyclic) bond motifs is 1. The predicted molar refractivity (Wildman–Crippen MR) is 153 cm³/mol. The second-order valence-corrected chi connectivity index (χ2v) is 12.3. The van der Waals surface area contributed by atoms with Crippen LogP contribution in [0.3, 0.4) is 0 Å². The van der Waals surface area contributed by atoms with Crippen LogP contribution in [0.4, 0.5) is 5.82 Å². The van der Waals surface area contributed by atoms with E-state index in [0.29, 0.717) is 31.2 Å². The van der Waals surface area contributed by atoms with Crippen molar-refractivity contribution in [1.82, 2.24) is 24.5 Å². The van der Waals surface area contributed by atoms with Crippen LogP contribution in [-0.4, -0.2) is 113 Å². The van der Waals surface area contributed by atoms with E-state index in [1.165, 1.54) is 22.6 Å². The van der Waals surface area contributed by atoms with E-state index in [1.807, 2.05) is 0 Å². The number of ether oxygens (including phenoxy) is 4. The van der Waals surface area contributed by atoms with Gasteiger partial charge in [-0.1, -0.05) is 12.8 Å². The molecule has 6 rings (SSSR count). The Morgan fingerprint density at radius 1 is 0.913 bits per heavy atom. The van der Waals surface area contributed by atoms with Gasteiger partial charge in [0, 0.05) is 5.38 Å². The highest BCUT2D eigenvalue weighted by atomic mass is 32.1. The zero-order valence-electron chi connectivity index (χ0n) is 24.2. The van der Waals surface area contributed by atoms with Gasteiger partial charge in [0.25, 0.3) is 5.91 Å². The number of nitrogens with zero attached hydrogens (tertiary/aromatic N) is 5. The van der Waals surface area contributed by atoms with E-state index in [2.05, 4.69) is 19.9 Å². The lowest BCUT2D eigenvalue weighted by Gasteiger charge is -2.29. The number of carbonyl (C=O) groups excluding carboxylic acids is 3. The highest BCUT2D eigenvalue weighted by Gasteiger charge is 2.47. The molecule has 1 amide bonds. The number of amides is 1. The lowest BCUT2D eigenvalue weighted by Crippen LogP contribution is -2.39. The summed E-state index contributed by atoms with van der Waals surface area (Å²) >= 11 is 1.03. The number of anilines is 1. The van der Waals surface area contributed by atoms with Gasteiger partial charge in [0.1, 0.15) is 78.5 Å². The normalized spacial score (nSPS) is 32.9. The molecule has 10 atom stereocenters. The van der Waals surface area contributed by atoms with E-state index >= 15 is 0 Å². The van der Waals surface area contributed by atoms with Crippen molar-refractivity contribution in [2.45, 2.75) is 74.6 Å². The first kappa shape index (κ1) is 32.1. The minimum atomic E-state index is -1.41. The average Bonchev–Trinajstić information content (AvgIpc) is 3.83. The number of carbonyl (C=O) groups is 3. The summed E-state index contributed by atoms with van der Waals surface area (Å²) in [4.78, 5) is 53.8. The molecule has 2 aliphatic heterocycles. The van der Waals surface area contributed by atoms with Crippen molar-refractivity contribution in [1.29, 1.82) is 0 Å². The number of hydrogen-bond acceptors (Lipinski definition) is 17. The maximum Gasteiger partial charge on any atom is 0.309 e. The summed E-state index contributed by atoms with van der Waals surface area (Å²) in [7, 11) is 0. The van der Waals surface area contributed by atoms with Gasteiger partial charge in [-0.2, -0.15) is 0 Å². The fourth-order valence-corrected chi connectivity index (χ4v) is 6.89. The SMILES string of the molecule is NC(=O)c1csc([C@@H]2O[C@H](COC(=O)[C@H]3CCCC[C@@H]3C(=O)OC[C@H]3O[C@@H](n4cnc5c(N)ncnc54)[C@H](O)[C@@H]3O)[C@@H](O)[C@H]2O)n1. The van der Waals surface area contributed by atoms with Crippen LogP contribution in [0.5, 0.6) is 0 Å². The quantitative estimate of drug-likeness (QED) is 0.140. The molecule has 0 aromatic carbocycles. The molecule has 0 radical (unpaired) electrons. The number of esters is 2. The van der Waals surface area contributed by atoms with Crippen LogP contribution in [0.2, 0.25) is 0 Å². The molecule has 3 fully saturated rings. The number of nitrogens with two attached hydrogens (primary N) is 2. The number of rotatable bonds is 9. The average molecular weight is 664 g/mol. The van der Waals surface area contributed by atoms with Gasteiger partial charge in [0.2, 0.25) is 0 Å². The molecule has 46 heavy (non-hydrogen) atoms. The highest BCUT2D eigenvalue weighted by Crippen LogP contribution is 2.37. The molecule has 0 unspecified atom stereocenters. The van der Waals surface area contributed by atoms with Gasteiger partial charge in [-0.3, -0.25) is 19.0 Å². The Morgan fingerprint density at radius 3 is 2.17 bits per heavy atom. The van der Waals surface area contributed by atoms with Crippen LogP contribution < -0.4 is 11.5 Å². The molecule has 3 aromatic heterocycles. The first-order valence-electron chi connectivity index (χ1n) is 14.6. The first-order valence-corrected chi connectivity index (χ1v) is 15.5. The predicted octanol–water partition coefficient (Wildman–Crippen LogP) is -1.66. The van der Waals surface area contributed by atoms with Crippen LogP contribution >= 0.6 is 11.3 Å². The molecule has 0 bridgehead atoms. The van der Waals surface area contributed by atoms with Crippen LogP contribution in [0.25, 0.3) is 11.2 Å². The Bertz CT molecular complexity index is 1600. The van der Waals surface area contributed by atoms with E-state index in [0.717, 1.165) is 11.3 Å². The van der Waals surface area contributed by atoms with E-state index in [1.54, 1.807) is 0 Å². The summed E-state index contributed by atoms with van der Waals surface area (Å²) in [5.74, 6) is -3.68. The van der Waals surface area contributed by atoms with Gasteiger partial charge in [-0.05, 0) is 12.8 Å². The second-order valence-electron chi connectivity index (χ2n) is 11.4. The summed E-state index contributed by atoms with van der Waals surface area (Å²) in [5, 5.41) is 43.9. The standard InChI is InChI=1S/C27H33N7O11S/c28-21-15-23(31-8-30-21)34(9-32-15)25-19(38)17(36)14(45-25)6-43-27(41)11-4-2-1-3-10(11)26(40)42-5-13-16(35)18(37)20(44-13)24-33-12(7-46-24)22(29)39/h7-11,13-14,16-20,25,35-38H,1-6H2,(H2,29,39)(H2,28,30,31)/t10-,11-,13+,14+,16+,17+,18+,19+,20+,25+/m0/s1. The van der Waals surface area contributed by atoms with Crippen molar-refractivity contribution in [3.63, 3.8) is 0 Å².